The quantitative estimate of drug-likeness (QED) is 0.779. The van der Waals surface area contributed by atoms with Crippen molar-refractivity contribution in [3.05, 3.63) is 59.7 Å². The van der Waals surface area contributed by atoms with Crippen LogP contribution in [-0.2, 0) is 22.1 Å². The molecule has 2 nitrogen and oxygen atoms in total. The van der Waals surface area contributed by atoms with Crippen LogP contribution in [0.2, 0.25) is 0 Å². The van der Waals surface area contributed by atoms with Gasteiger partial charge in [-0.25, -0.2) is 0 Å². The molecule has 0 bridgehead atoms. The third-order valence-corrected chi connectivity index (χ3v) is 3.32. The zero-order valence-electron chi connectivity index (χ0n) is 12.0. The normalized spacial score (nSPS) is 11.3. The molecule has 2 rings (SSSR count). The Hall–Kier alpha value is -2.30. The van der Waals surface area contributed by atoms with E-state index in [1.54, 1.807) is 0 Å². The summed E-state index contributed by atoms with van der Waals surface area (Å²) in [6.45, 7) is 0. The largest absolute Gasteiger partial charge is 0.469 e. The second-order valence-corrected chi connectivity index (χ2v) is 4.85. The van der Waals surface area contributed by atoms with Crippen molar-refractivity contribution in [1.82, 2.24) is 0 Å². The molecule has 0 unspecified atom stereocenters. The Labute approximate surface area is 126 Å². The lowest BCUT2D eigenvalue weighted by atomic mass is 10.00. The zero-order chi connectivity index (χ0) is 16.2. The Kier molecular flexibility index (Phi) is 4.85. The van der Waals surface area contributed by atoms with Gasteiger partial charge in [-0.05, 0) is 35.2 Å². The Morgan fingerprint density at radius 2 is 1.73 bits per heavy atom. The first-order valence-electron chi connectivity index (χ1n) is 6.73. The third-order valence-electron chi connectivity index (χ3n) is 3.32. The predicted molar refractivity (Wildman–Crippen MR) is 77.2 cm³/mol. The Morgan fingerprint density at radius 3 is 2.32 bits per heavy atom. The lowest BCUT2D eigenvalue weighted by molar-refractivity contribution is -0.140. The van der Waals surface area contributed by atoms with Crippen molar-refractivity contribution in [3.8, 4) is 11.1 Å². The minimum atomic E-state index is -4.33. The fourth-order valence-electron chi connectivity index (χ4n) is 2.11. The molecular weight excluding hydrogens is 293 g/mol. The average molecular weight is 308 g/mol. The van der Waals surface area contributed by atoms with E-state index in [0.29, 0.717) is 12.0 Å². The molecule has 0 aliphatic rings. The summed E-state index contributed by atoms with van der Waals surface area (Å²) in [6.07, 6.45) is -3.53. The summed E-state index contributed by atoms with van der Waals surface area (Å²) >= 11 is 0. The van der Waals surface area contributed by atoms with E-state index in [-0.39, 0.29) is 12.4 Å². The Morgan fingerprint density at radius 1 is 1.05 bits per heavy atom. The van der Waals surface area contributed by atoms with E-state index in [4.69, 9.17) is 0 Å². The van der Waals surface area contributed by atoms with Gasteiger partial charge in [0.15, 0.2) is 0 Å². The van der Waals surface area contributed by atoms with Crippen LogP contribution in [0.15, 0.2) is 48.5 Å². The van der Waals surface area contributed by atoms with Crippen LogP contribution in [0, 0.1) is 0 Å². The smallest absolute Gasteiger partial charge is 0.416 e. The standard InChI is InChI=1S/C17H15F3O2/c1-22-16(21)10-5-12-3-2-4-14(11-12)13-6-8-15(9-7-13)17(18,19)20/h2-4,6-9,11H,5,10H2,1H3. The van der Waals surface area contributed by atoms with Crippen molar-refractivity contribution < 1.29 is 22.7 Å². The number of carbonyl (C=O) groups is 1. The number of methoxy groups -OCH3 is 1. The van der Waals surface area contributed by atoms with E-state index < -0.39 is 11.7 Å². The van der Waals surface area contributed by atoms with E-state index in [1.807, 2.05) is 24.3 Å². The van der Waals surface area contributed by atoms with Gasteiger partial charge in [0.2, 0.25) is 0 Å². The van der Waals surface area contributed by atoms with E-state index >= 15 is 0 Å². The molecule has 0 radical (unpaired) electrons. The molecule has 0 aromatic heterocycles. The van der Waals surface area contributed by atoms with Crippen molar-refractivity contribution in [1.29, 1.82) is 0 Å². The number of carbonyl (C=O) groups excluding carboxylic acids is 1. The van der Waals surface area contributed by atoms with Gasteiger partial charge in [-0.3, -0.25) is 4.79 Å². The molecule has 22 heavy (non-hydrogen) atoms. The Balaban J connectivity index is 2.17. The van der Waals surface area contributed by atoms with Gasteiger partial charge in [0.1, 0.15) is 0 Å². The number of aryl methyl sites for hydroxylation is 1. The van der Waals surface area contributed by atoms with Gasteiger partial charge < -0.3 is 4.74 Å². The molecule has 5 heteroatoms. The van der Waals surface area contributed by atoms with Crippen LogP contribution in [-0.4, -0.2) is 13.1 Å². The van der Waals surface area contributed by atoms with Gasteiger partial charge >= 0.3 is 12.1 Å². The number of alkyl halides is 3. The number of hydrogen-bond acceptors (Lipinski definition) is 2. The molecule has 0 aliphatic heterocycles. The topological polar surface area (TPSA) is 26.3 Å². The van der Waals surface area contributed by atoms with Crippen LogP contribution < -0.4 is 0 Å². The summed E-state index contributed by atoms with van der Waals surface area (Å²) in [4.78, 5) is 11.1. The minimum Gasteiger partial charge on any atom is -0.469 e. The number of benzene rings is 2. The first-order chi connectivity index (χ1) is 10.4. The number of hydrogen-bond donors (Lipinski definition) is 0. The lowest BCUT2D eigenvalue weighted by Gasteiger charge is -2.09. The summed E-state index contributed by atoms with van der Waals surface area (Å²) in [5.74, 6) is -0.292. The van der Waals surface area contributed by atoms with E-state index in [0.717, 1.165) is 23.3 Å². The lowest BCUT2D eigenvalue weighted by Crippen LogP contribution is -2.04. The fourth-order valence-corrected chi connectivity index (χ4v) is 2.11. The number of halogens is 3. The van der Waals surface area contributed by atoms with Crippen molar-refractivity contribution in [3.63, 3.8) is 0 Å². The average Bonchev–Trinajstić information content (AvgIpc) is 2.52. The second kappa shape index (κ2) is 6.64. The van der Waals surface area contributed by atoms with Gasteiger partial charge in [0, 0.05) is 6.42 Å². The molecular formula is C17H15F3O2. The van der Waals surface area contributed by atoms with Crippen LogP contribution in [0.1, 0.15) is 17.5 Å². The van der Waals surface area contributed by atoms with Crippen LogP contribution in [0.5, 0.6) is 0 Å². The molecule has 0 amide bonds. The fraction of sp³-hybridized carbons (Fsp3) is 0.235. The highest BCUT2D eigenvalue weighted by molar-refractivity contribution is 5.70. The molecule has 116 valence electrons. The van der Waals surface area contributed by atoms with Crippen LogP contribution >= 0.6 is 0 Å². The molecule has 0 N–H and O–H groups in total. The van der Waals surface area contributed by atoms with Gasteiger partial charge in [-0.15, -0.1) is 0 Å². The maximum Gasteiger partial charge on any atom is 0.416 e. The first-order valence-corrected chi connectivity index (χ1v) is 6.73. The van der Waals surface area contributed by atoms with Gasteiger partial charge in [-0.1, -0.05) is 36.4 Å². The molecule has 0 saturated heterocycles. The van der Waals surface area contributed by atoms with E-state index in [1.165, 1.54) is 19.2 Å². The Bertz CT molecular complexity index is 646. The summed E-state index contributed by atoms with van der Waals surface area (Å²) in [7, 11) is 1.33. The molecule has 2 aromatic carbocycles. The number of rotatable bonds is 4. The SMILES string of the molecule is COC(=O)CCc1cccc(-c2ccc(C(F)(F)F)cc2)c1. The van der Waals surface area contributed by atoms with Crippen molar-refractivity contribution in [2.75, 3.05) is 7.11 Å². The van der Waals surface area contributed by atoms with Crippen molar-refractivity contribution >= 4 is 5.97 Å². The summed E-state index contributed by atoms with van der Waals surface area (Å²) in [5, 5.41) is 0. The summed E-state index contributed by atoms with van der Waals surface area (Å²) in [5.41, 5.74) is 1.78. The predicted octanol–water partition coefficient (Wildman–Crippen LogP) is 4.48. The van der Waals surface area contributed by atoms with E-state index in [2.05, 4.69) is 4.74 Å². The van der Waals surface area contributed by atoms with Crippen LogP contribution in [0.4, 0.5) is 13.2 Å². The molecule has 2 aromatic rings. The van der Waals surface area contributed by atoms with Crippen molar-refractivity contribution in [2.45, 2.75) is 19.0 Å². The molecule has 0 spiro atoms. The van der Waals surface area contributed by atoms with Crippen LogP contribution in [0.3, 0.4) is 0 Å². The molecule has 0 aliphatic carbocycles. The second-order valence-electron chi connectivity index (χ2n) is 4.85. The summed E-state index contributed by atoms with van der Waals surface area (Å²) < 4.78 is 42.2. The maximum absolute atomic E-state index is 12.6. The van der Waals surface area contributed by atoms with Gasteiger partial charge in [0.05, 0.1) is 12.7 Å². The van der Waals surface area contributed by atoms with E-state index in [9.17, 15) is 18.0 Å². The molecule has 0 fully saturated rings. The maximum atomic E-state index is 12.6. The van der Waals surface area contributed by atoms with Gasteiger partial charge in [-0.2, -0.15) is 13.2 Å². The highest BCUT2D eigenvalue weighted by Gasteiger charge is 2.29. The molecule has 0 atom stereocenters. The highest BCUT2D eigenvalue weighted by atomic mass is 19.4. The number of ether oxygens (including phenoxy) is 1. The van der Waals surface area contributed by atoms with Crippen molar-refractivity contribution in [2.24, 2.45) is 0 Å². The molecule has 0 saturated carbocycles. The van der Waals surface area contributed by atoms with Crippen LogP contribution in [0.25, 0.3) is 11.1 Å². The summed E-state index contributed by atoms with van der Waals surface area (Å²) in [6, 6.07) is 12.4. The third kappa shape index (κ3) is 4.10. The molecule has 0 heterocycles. The number of esters is 1. The first kappa shape index (κ1) is 16.1. The minimum absolute atomic E-state index is 0.271. The monoisotopic (exact) mass is 308 g/mol. The zero-order valence-corrected chi connectivity index (χ0v) is 12.0. The highest BCUT2D eigenvalue weighted by Crippen LogP contribution is 2.31. The van der Waals surface area contributed by atoms with Gasteiger partial charge in [0.25, 0.3) is 0 Å².